The number of hydrogen-bond acceptors (Lipinski definition) is 3. The van der Waals surface area contributed by atoms with E-state index in [4.69, 9.17) is 0 Å². The standard InChI is InChI=1S/C15H29N3O2/c1-4-18(5-2)15(20)8-6-7-14(19)17(3)13-9-11-16-12-10-13/h13,16H,4-12H2,1-3H3. The minimum Gasteiger partial charge on any atom is -0.343 e. The van der Waals surface area contributed by atoms with Gasteiger partial charge in [-0.25, -0.2) is 0 Å². The molecule has 0 aromatic rings. The molecule has 1 fully saturated rings. The van der Waals surface area contributed by atoms with E-state index in [-0.39, 0.29) is 11.8 Å². The predicted octanol–water partition coefficient (Wildman–Crippen LogP) is 1.24. The maximum Gasteiger partial charge on any atom is 0.222 e. The number of rotatable bonds is 7. The largest absolute Gasteiger partial charge is 0.343 e. The van der Waals surface area contributed by atoms with Crippen LogP contribution < -0.4 is 5.32 Å². The van der Waals surface area contributed by atoms with E-state index in [1.165, 1.54) is 0 Å². The second-order valence-corrected chi connectivity index (χ2v) is 5.41. The number of carbonyl (C=O) groups is 2. The van der Waals surface area contributed by atoms with Crippen LogP contribution in [0.5, 0.6) is 0 Å². The average Bonchev–Trinajstić information content (AvgIpc) is 2.48. The summed E-state index contributed by atoms with van der Waals surface area (Å²) in [5.41, 5.74) is 0. The molecule has 0 spiro atoms. The Morgan fingerprint density at radius 2 is 1.60 bits per heavy atom. The first-order valence-electron chi connectivity index (χ1n) is 7.84. The summed E-state index contributed by atoms with van der Waals surface area (Å²) < 4.78 is 0. The van der Waals surface area contributed by atoms with Gasteiger partial charge in [0.1, 0.15) is 0 Å². The van der Waals surface area contributed by atoms with Crippen LogP contribution in [0.2, 0.25) is 0 Å². The molecule has 0 unspecified atom stereocenters. The highest BCUT2D eigenvalue weighted by Gasteiger charge is 2.21. The van der Waals surface area contributed by atoms with Crippen LogP contribution in [0.15, 0.2) is 0 Å². The van der Waals surface area contributed by atoms with Gasteiger partial charge in [0.05, 0.1) is 0 Å². The lowest BCUT2D eigenvalue weighted by atomic mass is 10.0. The lowest BCUT2D eigenvalue weighted by Crippen LogP contribution is -2.43. The molecule has 2 amide bonds. The summed E-state index contributed by atoms with van der Waals surface area (Å²) >= 11 is 0. The lowest BCUT2D eigenvalue weighted by molar-refractivity contribution is -0.133. The molecule has 1 rings (SSSR count). The molecule has 1 heterocycles. The Hall–Kier alpha value is -1.10. The molecule has 0 saturated carbocycles. The highest BCUT2D eigenvalue weighted by atomic mass is 16.2. The molecule has 5 heteroatoms. The van der Waals surface area contributed by atoms with Gasteiger partial charge in [-0.05, 0) is 46.2 Å². The van der Waals surface area contributed by atoms with Gasteiger partial charge in [0.15, 0.2) is 0 Å². The van der Waals surface area contributed by atoms with E-state index in [2.05, 4.69) is 5.32 Å². The molecule has 0 atom stereocenters. The molecule has 5 nitrogen and oxygen atoms in total. The number of nitrogens with zero attached hydrogens (tertiary/aromatic N) is 2. The molecular weight excluding hydrogens is 254 g/mol. The van der Waals surface area contributed by atoms with Gasteiger partial charge in [-0.3, -0.25) is 9.59 Å². The first-order valence-corrected chi connectivity index (χ1v) is 7.84. The van der Waals surface area contributed by atoms with Crippen molar-refractivity contribution in [2.75, 3.05) is 33.2 Å². The van der Waals surface area contributed by atoms with Gasteiger partial charge in [0, 0.05) is 39.0 Å². The summed E-state index contributed by atoms with van der Waals surface area (Å²) in [7, 11) is 1.89. The fourth-order valence-electron chi connectivity index (χ4n) is 2.70. The van der Waals surface area contributed by atoms with Crippen LogP contribution in [0.4, 0.5) is 0 Å². The van der Waals surface area contributed by atoms with Crippen LogP contribution in [0.1, 0.15) is 46.0 Å². The highest BCUT2D eigenvalue weighted by molar-refractivity contribution is 5.79. The van der Waals surface area contributed by atoms with E-state index < -0.39 is 0 Å². The molecule has 0 aromatic carbocycles. The Labute approximate surface area is 122 Å². The van der Waals surface area contributed by atoms with Crippen LogP contribution in [-0.2, 0) is 9.59 Å². The SMILES string of the molecule is CCN(CC)C(=O)CCCC(=O)N(C)C1CCNCC1. The zero-order valence-electron chi connectivity index (χ0n) is 13.2. The highest BCUT2D eigenvalue weighted by Crippen LogP contribution is 2.12. The summed E-state index contributed by atoms with van der Waals surface area (Å²) in [5, 5.41) is 3.30. The molecule has 116 valence electrons. The second-order valence-electron chi connectivity index (χ2n) is 5.41. The fraction of sp³-hybridized carbons (Fsp3) is 0.867. The zero-order valence-corrected chi connectivity index (χ0v) is 13.2. The van der Waals surface area contributed by atoms with Gasteiger partial charge < -0.3 is 15.1 Å². The number of carbonyl (C=O) groups excluding carboxylic acids is 2. The molecule has 1 aliphatic heterocycles. The number of amides is 2. The van der Waals surface area contributed by atoms with Gasteiger partial charge in [0.25, 0.3) is 0 Å². The molecule has 0 aromatic heterocycles. The van der Waals surface area contributed by atoms with Gasteiger partial charge in [-0.15, -0.1) is 0 Å². The predicted molar refractivity (Wildman–Crippen MR) is 80.4 cm³/mol. The third-order valence-electron chi connectivity index (χ3n) is 4.15. The van der Waals surface area contributed by atoms with E-state index in [1.54, 1.807) is 0 Å². The first-order chi connectivity index (χ1) is 9.60. The van der Waals surface area contributed by atoms with Crippen molar-refractivity contribution in [1.29, 1.82) is 0 Å². The fourth-order valence-corrected chi connectivity index (χ4v) is 2.70. The van der Waals surface area contributed by atoms with Gasteiger partial charge in [0.2, 0.25) is 11.8 Å². The Balaban J connectivity index is 2.26. The summed E-state index contributed by atoms with van der Waals surface area (Å²) in [6, 6.07) is 0.363. The van der Waals surface area contributed by atoms with Crippen molar-refractivity contribution < 1.29 is 9.59 Å². The van der Waals surface area contributed by atoms with Crippen molar-refractivity contribution in [1.82, 2.24) is 15.1 Å². The van der Waals surface area contributed by atoms with Crippen molar-refractivity contribution in [3.63, 3.8) is 0 Å². The minimum atomic E-state index is 0.160. The molecule has 0 radical (unpaired) electrons. The topological polar surface area (TPSA) is 52.7 Å². The zero-order chi connectivity index (χ0) is 15.0. The Morgan fingerprint density at radius 1 is 1.05 bits per heavy atom. The van der Waals surface area contributed by atoms with E-state index >= 15 is 0 Å². The molecular formula is C15H29N3O2. The van der Waals surface area contributed by atoms with E-state index in [0.29, 0.717) is 25.3 Å². The Kier molecular flexibility index (Phi) is 7.59. The number of hydrogen-bond donors (Lipinski definition) is 1. The molecule has 20 heavy (non-hydrogen) atoms. The molecule has 0 bridgehead atoms. The summed E-state index contributed by atoms with van der Waals surface area (Å²) in [5.74, 6) is 0.330. The number of nitrogens with one attached hydrogen (secondary N) is 1. The quantitative estimate of drug-likeness (QED) is 0.765. The Morgan fingerprint density at radius 3 is 2.15 bits per heavy atom. The normalized spacial score (nSPS) is 15.9. The summed E-state index contributed by atoms with van der Waals surface area (Å²) in [4.78, 5) is 27.7. The monoisotopic (exact) mass is 283 g/mol. The minimum absolute atomic E-state index is 0.160. The van der Waals surface area contributed by atoms with E-state index in [0.717, 1.165) is 39.0 Å². The van der Waals surface area contributed by atoms with Gasteiger partial charge in [-0.1, -0.05) is 0 Å². The first kappa shape index (κ1) is 17.0. The Bertz CT molecular complexity index is 310. The van der Waals surface area contributed by atoms with Crippen molar-refractivity contribution in [2.45, 2.75) is 52.0 Å². The van der Waals surface area contributed by atoms with Crippen molar-refractivity contribution >= 4 is 11.8 Å². The van der Waals surface area contributed by atoms with Gasteiger partial charge >= 0.3 is 0 Å². The number of piperidine rings is 1. The van der Waals surface area contributed by atoms with Crippen LogP contribution in [0.3, 0.4) is 0 Å². The summed E-state index contributed by atoms with van der Waals surface area (Å²) in [6.45, 7) is 7.44. The van der Waals surface area contributed by atoms with Crippen molar-refractivity contribution in [3.8, 4) is 0 Å². The van der Waals surface area contributed by atoms with Crippen molar-refractivity contribution in [2.24, 2.45) is 0 Å². The van der Waals surface area contributed by atoms with Crippen LogP contribution in [0.25, 0.3) is 0 Å². The van der Waals surface area contributed by atoms with Gasteiger partial charge in [-0.2, -0.15) is 0 Å². The summed E-state index contributed by atoms with van der Waals surface area (Å²) in [6.07, 6.45) is 3.67. The molecule has 0 aliphatic carbocycles. The lowest BCUT2D eigenvalue weighted by Gasteiger charge is -2.31. The molecule has 1 saturated heterocycles. The molecule has 1 aliphatic rings. The van der Waals surface area contributed by atoms with Crippen LogP contribution >= 0.6 is 0 Å². The van der Waals surface area contributed by atoms with E-state index in [9.17, 15) is 9.59 Å². The average molecular weight is 283 g/mol. The molecule has 1 N–H and O–H groups in total. The maximum absolute atomic E-state index is 12.1. The van der Waals surface area contributed by atoms with Crippen LogP contribution in [0, 0.1) is 0 Å². The smallest absolute Gasteiger partial charge is 0.222 e. The third kappa shape index (κ3) is 5.12. The maximum atomic E-state index is 12.1. The third-order valence-corrected chi connectivity index (χ3v) is 4.15. The van der Waals surface area contributed by atoms with Crippen molar-refractivity contribution in [3.05, 3.63) is 0 Å². The van der Waals surface area contributed by atoms with E-state index in [1.807, 2.05) is 30.7 Å². The second kappa shape index (κ2) is 8.95. The van der Waals surface area contributed by atoms with Crippen LogP contribution in [-0.4, -0.2) is 60.9 Å².